The molecule has 0 aromatic heterocycles. The van der Waals surface area contributed by atoms with E-state index in [0.717, 1.165) is 22.3 Å². The smallest absolute Gasteiger partial charge is 0.189 e. The highest BCUT2D eigenvalue weighted by Gasteiger charge is 2.24. The zero-order valence-electron chi connectivity index (χ0n) is 11.8. The summed E-state index contributed by atoms with van der Waals surface area (Å²) in [6, 6.07) is 11.4. The van der Waals surface area contributed by atoms with Gasteiger partial charge < -0.3 is 9.47 Å². The zero-order chi connectivity index (χ0) is 15.1. The lowest BCUT2D eigenvalue weighted by atomic mass is 10.1. The van der Waals surface area contributed by atoms with Crippen LogP contribution in [0, 0.1) is 0 Å². The molecule has 0 radical (unpaired) electrons. The Kier molecular flexibility index (Phi) is 3.16. The van der Waals surface area contributed by atoms with Gasteiger partial charge in [-0.2, -0.15) is 0 Å². The molecule has 0 unspecified atom stereocenters. The lowest BCUT2D eigenvalue weighted by molar-refractivity contribution is 0.104. The van der Waals surface area contributed by atoms with Gasteiger partial charge in [-0.3, -0.25) is 4.79 Å². The first-order chi connectivity index (χ1) is 10.7. The topological polar surface area (TPSA) is 35.5 Å². The number of hydrogen-bond acceptors (Lipinski definition) is 3. The third kappa shape index (κ3) is 2.18. The van der Waals surface area contributed by atoms with Crippen LogP contribution < -0.4 is 9.47 Å². The predicted octanol–water partition coefficient (Wildman–Crippen LogP) is 3.93. The van der Waals surface area contributed by atoms with E-state index in [-0.39, 0.29) is 5.78 Å². The molecule has 0 fully saturated rings. The van der Waals surface area contributed by atoms with Crippen LogP contribution in [0.3, 0.4) is 0 Å². The molecular formula is C18H13ClO3. The molecule has 0 bridgehead atoms. The van der Waals surface area contributed by atoms with Gasteiger partial charge in [0.25, 0.3) is 0 Å². The van der Waals surface area contributed by atoms with Crippen molar-refractivity contribution in [1.29, 1.82) is 0 Å². The standard InChI is InChI=1S/C18H13ClO3/c19-15-8-11(9-16-18(15)22-6-5-21-16)7-13-10-12-3-1-2-4-14(12)17(13)20/h1-4,7-9H,5-6,10H2/b13-7+. The summed E-state index contributed by atoms with van der Waals surface area (Å²) in [7, 11) is 0. The molecule has 0 spiro atoms. The van der Waals surface area contributed by atoms with E-state index >= 15 is 0 Å². The van der Waals surface area contributed by atoms with E-state index in [4.69, 9.17) is 21.1 Å². The maximum Gasteiger partial charge on any atom is 0.189 e. The fourth-order valence-electron chi connectivity index (χ4n) is 2.89. The number of benzene rings is 2. The van der Waals surface area contributed by atoms with Gasteiger partial charge in [0, 0.05) is 17.6 Å². The predicted molar refractivity (Wildman–Crippen MR) is 84.9 cm³/mol. The fourth-order valence-corrected chi connectivity index (χ4v) is 3.16. The minimum absolute atomic E-state index is 0.0848. The first-order valence-corrected chi connectivity index (χ1v) is 7.52. The molecule has 1 aliphatic heterocycles. The van der Waals surface area contributed by atoms with Crippen molar-refractivity contribution >= 4 is 23.5 Å². The van der Waals surface area contributed by atoms with E-state index in [9.17, 15) is 4.79 Å². The van der Waals surface area contributed by atoms with Crippen LogP contribution in [0.4, 0.5) is 0 Å². The quantitative estimate of drug-likeness (QED) is 0.748. The molecule has 0 saturated carbocycles. The molecule has 1 heterocycles. The van der Waals surface area contributed by atoms with Gasteiger partial charge >= 0.3 is 0 Å². The Bertz CT molecular complexity index is 808. The number of allylic oxidation sites excluding steroid dienone is 1. The molecule has 0 amide bonds. The molecule has 3 nitrogen and oxygen atoms in total. The number of rotatable bonds is 1. The summed E-state index contributed by atoms with van der Waals surface area (Å²) in [5.41, 5.74) is 3.49. The summed E-state index contributed by atoms with van der Waals surface area (Å²) in [6.07, 6.45) is 2.54. The molecule has 110 valence electrons. The van der Waals surface area contributed by atoms with Crippen molar-refractivity contribution in [2.45, 2.75) is 6.42 Å². The van der Waals surface area contributed by atoms with Crippen LogP contribution >= 0.6 is 11.6 Å². The van der Waals surface area contributed by atoms with Gasteiger partial charge in [0.15, 0.2) is 17.3 Å². The second kappa shape index (κ2) is 5.18. The highest BCUT2D eigenvalue weighted by molar-refractivity contribution is 6.32. The molecule has 22 heavy (non-hydrogen) atoms. The fraction of sp³-hybridized carbons (Fsp3) is 0.167. The van der Waals surface area contributed by atoms with Gasteiger partial charge in [0.2, 0.25) is 0 Å². The number of ether oxygens (including phenoxy) is 2. The molecule has 0 saturated heterocycles. The van der Waals surface area contributed by atoms with Gasteiger partial charge in [-0.05, 0) is 29.3 Å². The number of halogens is 1. The molecule has 2 aromatic carbocycles. The normalized spacial score (nSPS) is 17.7. The average molecular weight is 313 g/mol. The van der Waals surface area contributed by atoms with Crippen molar-refractivity contribution in [3.63, 3.8) is 0 Å². The molecule has 2 aromatic rings. The zero-order valence-corrected chi connectivity index (χ0v) is 12.5. The van der Waals surface area contributed by atoms with Crippen molar-refractivity contribution in [1.82, 2.24) is 0 Å². The summed E-state index contributed by atoms with van der Waals surface area (Å²) >= 11 is 6.24. The number of Topliss-reactive ketones (excluding diaryl/α,β-unsaturated/α-hetero) is 1. The summed E-state index contributed by atoms with van der Waals surface area (Å²) < 4.78 is 11.1. The number of carbonyl (C=O) groups is 1. The molecular weight excluding hydrogens is 300 g/mol. The second-order valence-electron chi connectivity index (χ2n) is 5.36. The van der Waals surface area contributed by atoms with Crippen molar-refractivity contribution in [3.05, 3.63) is 63.7 Å². The van der Waals surface area contributed by atoms with Crippen molar-refractivity contribution < 1.29 is 14.3 Å². The minimum Gasteiger partial charge on any atom is -0.486 e. The first-order valence-electron chi connectivity index (χ1n) is 7.15. The van der Waals surface area contributed by atoms with E-state index in [1.807, 2.05) is 36.4 Å². The number of carbonyl (C=O) groups excluding carboxylic acids is 1. The Hall–Kier alpha value is -2.26. The summed E-state index contributed by atoms with van der Waals surface area (Å²) in [6.45, 7) is 1.01. The van der Waals surface area contributed by atoms with Crippen LogP contribution in [0.1, 0.15) is 21.5 Å². The minimum atomic E-state index is 0.0848. The van der Waals surface area contributed by atoms with Crippen LogP contribution in [-0.4, -0.2) is 19.0 Å². The van der Waals surface area contributed by atoms with Crippen LogP contribution in [0.2, 0.25) is 5.02 Å². The summed E-state index contributed by atoms with van der Waals surface area (Å²) in [4.78, 5) is 12.4. The maximum absolute atomic E-state index is 12.4. The third-order valence-corrected chi connectivity index (χ3v) is 4.18. The molecule has 2 aliphatic rings. The average Bonchev–Trinajstić information content (AvgIpc) is 2.84. The number of fused-ring (bicyclic) bond motifs is 2. The van der Waals surface area contributed by atoms with Crippen LogP contribution in [0.25, 0.3) is 6.08 Å². The summed E-state index contributed by atoms with van der Waals surface area (Å²) in [5.74, 6) is 1.30. The van der Waals surface area contributed by atoms with Crippen molar-refractivity contribution in [3.8, 4) is 11.5 Å². The lowest BCUT2D eigenvalue weighted by Crippen LogP contribution is -2.15. The number of hydrogen-bond donors (Lipinski definition) is 0. The van der Waals surface area contributed by atoms with Gasteiger partial charge in [0.05, 0.1) is 5.02 Å². The lowest BCUT2D eigenvalue weighted by Gasteiger charge is -2.19. The number of ketones is 1. The van der Waals surface area contributed by atoms with Gasteiger partial charge in [-0.15, -0.1) is 0 Å². The second-order valence-corrected chi connectivity index (χ2v) is 5.77. The molecule has 4 heteroatoms. The van der Waals surface area contributed by atoms with Crippen molar-refractivity contribution in [2.75, 3.05) is 13.2 Å². The Balaban J connectivity index is 1.73. The van der Waals surface area contributed by atoms with Crippen molar-refractivity contribution in [2.24, 2.45) is 0 Å². The van der Waals surface area contributed by atoms with Crippen LogP contribution in [0.15, 0.2) is 42.0 Å². The van der Waals surface area contributed by atoms with E-state index in [1.165, 1.54) is 0 Å². The molecule has 4 rings (SSSR count). The van der Waals surface area contributed by atoms with Crippen LogP contribution in [0.5, 0.6) is 11.5 Å². The van der Waals surface area contributed by atoms with Gasteiger partial charge in [-0.25, -0.2) is 0 Å². The summed E-state index contributed by atoms with van der Waals surface area (Å²) in [5, 5.41) is 0.506. The Morgan fingerprint density at radius 3 is 2.77 bits per heavy atom. The van der Waals surface area contributed by atoms with E-state index < -0.39 is 0 Å². The molecule has 0 N–H and O–H groups in total. The Morgan fingerprint density at radius 2 is 1.91 bits per heavy atom. The highest BCUT2D eigenvalue weighted by atomic mass is 35.5. The highest BCUT2D eigenvalue weighted by Crippen LogP contribution is 2.39. The Labute approximate surface area is 133 Å². The van der Waals surface area contributed by atoms with E-state index in [2.05, 4.69) is 0 Å². The maximum atomic E-state index is 12.4. The molecule has 0 atom stereocenters. The largest absolute Gasteiger partial charge is 0.486 e. The third-order valence-electron chi connectivity index (χ3n) is 3.89. The van der Waals surface area contributed by atoms with Gasteiger partial charge in [-0.1, -0.05) is 35.9 Å². The SMILES string of the molecule is O=C1/C(=C/c2cc(Cl)c3c(c2)OCCO3)Cc2ccccc21. The van der Waals surface area contributed by atoms with E-state index in [0.29, 0.717) is 36.2 Å². The first kappa shape index (κ1) is 13.4. The monoisotopic (exact) mass is 312 g/mol. The molecule has 1 aliphatic carbocycles. The van der Waals surface area contributed by atoms with Crippen LogP contribution in [-0.2, 0) is 6.42 Å². The van der Waals surface area contributed by atoms with E-state index in [1.54, 1.807) is 6.07 Å². The Morgan fingerprint density at radius 1 is 1.09 bits per heavy atom. The van der Waals surface area contributed by atoms with Gasteiger partial charge in [0.1, 0.15) is 13.2 Å².